The Morgan fingerprint density at radius 3 is 2.72 bits per heavy atom. The molecule has 3 N–H and O–H groups in total. The highest BCUT2D eigenvalue weighted by molar-refractivity contribution is 6.46. The molecule has 0 bridgehead atoms. The molecule has 161 valence electrons. The predicted molar refractivity (Wildman–Crippen MR) is 107 cm³/mol. The third-order valence-electron chi connectivity index (χ3n) is 4.93. The average Bonchev–Trinajstić information content (AvgIpc) is 3.18. The molecule has 0 aromatic carbocycles. The van der Waals surface area contributed by atoms with Gasteiger partial charge in [0, 0.05) is 21.3 Å². The quantitative estimate of drug-likeness (QED) is 0.606. The lowest BCUT2D eigenvalue weighted by molar-refractivity contribution is -0.0562. The van der Waals surface area contributed by atoms with E-state index in [0.29, 0.717) is 17.0 Å². The van der Waals surface area contributed by atoms with Crippen molar-refractivity contribution in [3.8, 4) is 0 Å². The van der Waals surface area contributed by atoms with Crippen LogP contribution in [0.5, 0.6) is 0 Å². The highest BCUT2D eigenvalue weighted by Gasteiger charge is 2.56. The number of aromatic nitrogens is 4. The van der Waals surface area contributed by atoms with Crippen molar-refractivity contribution in [2.45, 2.75) is 50.4 Å². The predicted octanol–water partition coefficient (Wildman–Crippen LogP) is 1.65. The summed E-state index contributed by atoms with van der Waals surface area (Å²) in [4.78, 5) is 12.7. The molecule has 2 aromatic rings. The molecule has 12 heteroatoms. The fraction of sp³-hybridized carbons (Fsp3) is 0.706. The van der Waals surface area contributed by atoms with Crippen molar-refractivity contribution in [2.75, 3.05) is 38.9 Å². The van der Waals surface area contributed by atoms with Crippen LogP contribution in [0.25, 0.3) is 11.2 Å². The van der Waals surface area contributed by atoms with Crippen LogP contribution in [0.4, 0.5) is 16.2 Å². The molecule has 0 unspecified atom stereocenters. The van der Waals surface area contributed by atoms with Crippen LogP contribution in [-0.4, -0.2) is 74.6 Å². The van der Waals surface area contributed by atoms with Crippen LogP contribution in [0.15, 0.2) is 6.33 Å². The maximum absolute atomic E-state index is 15.9. The number of nitrogens with two attached hydrogens (primary N) is 1. The number of nitrogens with one attached hydrogen (secondary N) is 1. The molecule has 1 fully saturated rings. The number of nitrogens with zero attached hydrogens (tertiary/aromatic N) is 4. The third-order valence-corrected chi connectivity index (χ3v) is 6.72. The molecular formula is C17H28FN6O4Si. The topological polar surface area (TPSA) is 119 Å². The van der Waals surface area contributed by atoms with Crippen LogP contribution in [0.1, 0.15) is 27.0 Å². The Hall–Kier alpha value is -1.86. The summed E-state index contributed by atoms with van der Waals surface area (Å²) in [6, 6.07) is 0. The van der Waals surface area contributed by atoms with E-state index in [4.69, 9.17) is 24.1 Å². The number of anilines is 2. The molecule has 3 heterocycles. The van der Waals surface area contributed by atoms with Gasteiger partial charge < -0.3 is 29.4 Å². The number of rotatable bonds is 8. The summed E-state index contributed by atoms with van der Waals surface area (Å²) < 4.78 is 40.2. The van der Waals surface area contributed by atoms with Crippen LogP contribution in [0, 0.1) is 0 Å². The van der Waals surface area contributed by atoms with Gasteiger partial charge in [0.05, 0.1) is 12.9 Å². The Morgan fingerprint density at radius 2 is 2.14 bits per heavy atom. The van der Waals surface area contributed by atoms with Gasteiger partial charge in [-0.1, -0.05) is 13.8 Å². The molecule has 0 amide bonds. The van der Waals surface area contributed by atoms with Gasteiger partial charge in [0.25, 0.3) is 0 Å². The largest absolute Gasteiger partial charge is 0.397 e. The Kier molecular flexibility index (Phi) is 6.38. The third kappa shape index (κ3) is 3.94. The highest BCUT2D eigenvalue weighted by Crippen LogP contribution is 2.44. The van der Waals surface area contributed by atoms with Crippen LogP contribution in [0.3, 0.4) is 0 Å². The minimum absolute atomic E-state index is 0.0506. The zero-order valence-corrected chi connectivity index (χ0v) is 18.5. The first-order valence-electron chi connectivity index (χ1n) is 9.33. The maximum atomic E-state index is 15.9. The summed E-state index contributed by atoms with van der Waals surface area (Å²) in [5.74, 6) is 0.506. The molecule has 2 aromatic heterocycles. The molecule has 0 saturated carbocycles. The molecule has 3 rings (SSSR count). The molecule has 10 nitrogen and oxygen atoms in total. The molecule has 0 aliphatic carbocycles. The van der Waals surface area contributed by atoms with Crippen LogP contribution in [0.2, 0.25) is 5.54 Å². The van der Waals surface area contributed by atoms with Gasteiger partial charge in [-0.05, 0) is 12.5 Å². The average molecular weight is 428 g/mol. The first kappa shape index (κ1) is 21.8. The normalized spacial score (nSPS) is 27.4. The Bertz CT molecular complexity index is 851. The van der Waals surface area contributed by atoms with Gasteiger partial charge in [0.15, 0.2) is 28.9 Å². The second-order valence-corrected chi connectivity index (χ2v) is 9.82. The van der Waals surface area contributed by atoms with Crippen LogP contribution >= 0.6 is 0 Å². The Morgan fingerprint density at radius 1 is 1.41 bits per heavy atom. The summed E-state index contributed by atoms with van der Waals surface area (Å²) in [7, 11) is 3.27. The summed E-state index contributed by atoms with van der Waals surface area (Å²) >= 11 is 0. The van der Waals surface area contributed by atoms with E-state index in [1.54, 1.807) is 14.2 Å². The second kappa shape index (κ2) is 8.48. The van der Waals surface area contributed by atoms with E-state index in [0.717, 1.165) is 0 Å². The number of ether oxygens (including phenoxy) is 2. The van der Waals surface area contributed by atoms with Crippen LogP contribution < -0.4 is 11.1 Å². The van der Waals surface area contributed by atoms with Crippen LogP contribution in [-0.2, 0) is 18.3 Å². The number of halogens is 1. The Labute approximate surface area is 170 Å². The van der Waals surface area contributed by atoms with E-state index in [9.17, 15) is 0 Å². The summed E-state index contributed by atoms with van der Waals surface area (Å²) in [6.07, 6.45) is -1.03. The number of hydrogen-bond acceptors (Lipinski definition) is 9. The van der Waals surface area contributed by atoms with Gasteiger partial charge in [-0.25, -0.2) is 9.37 Å². The van der Waals surface area contributed by atoms with E-state index >= 15 is 4.39 Å². The van der Waals surface area contributed by atoms with Crippen molar-refractivity contribution >= 4 is 32.2 Å². The summed E-state index contributed by atoms with van der Waals surface area (Å²) in [5, 5.41) is 2.92. The van der Waals surface area contributed by atoms with Crippen molar-refractivity contribution in [1.82, 2.24) is 19.5 Å². The molecule has 0 spiro atoms. The molecule has 1 saturated heterocycles. The fourth-order valence-electron chi connectivity index (χ4n) is 3.63. The molecule has 29 heavy (non-hydrogen) atoms. The van der Waals surface area contributed by atoms with Crippen molar-refractivity contribution in [1.29, 1.82) is 0 Å². The van der Waals surface area contributed by atoms with E-state index in [1.165, 1.54) is 24.9 Å². The zero-order valence-electron chi connectivity index (χ0n) is 17.5. The van der Waals surface area contributed by atoms with E-state index in [2.05, 4.69) is 20.3 Å². The van der Waals surface area contributed by atoms with E-state index in [1.807, 2.05) is 13.8 Å². The number of methoxy groups -OCH3 is 1. The standard InChI is InChI=1S/C17H28FN6O4Si/c1-9(2)29(26-6)27-7-10-12(25-5)17(3,18)15(28-10)24-8-21-11-13(20-4)22-16(19)23-14(11)24/h8-10,12,15H,7H2,1-6H3,(H3,19,20,22,23)/t10-,12-,15-,17-/m1/s1. The number of alkyl halides is 1. The first-order valence-corrected chi connectivity index (χ1v) is 10.7. The second-order valence-electron chi connectivity index (χ2n) is 7.33. The number of nitrogen functional groups attached to an aromatic ring is 1. The van der Waals surface area contributed by atoms with Gasteiger partial charge in [0.2, 0.25) is 5.95 Å². The van der Waals surface area contributed by atoms with Gasteiger partial charge in [-0.15, -0.1) is 0 Å². The minimum atomic E-state index is -1.87. The SMILES string of the molecule is CNc1nc(N)nc2c1ncn2[C@@H]1O[C@H](CO[Si](OC)C(C)C)[C@@H](OC)[C@@]1(C)F. The molecule has 1 aliphatic heterocycles. The van der Waals surface area contributed by atoms with Crippen molar-refractivity contribution < 1.29 is 22.7 Å². The van der Waals surface area contributed by atoms with Crippen molar-refractivity contribution in [3.05, 3.63) is 6.33 Å². The zero-order chi connectivity index (χ0) is 21.3. The van der Waals surface area contributed by atoms with E-state index < -0.39 is 33.4 Å². The lowest BCUT2D eigenvalue weighted by Gasteiger charge is -2.27. The van der Waals surface area contributed by atoms with Gasteiger partial charge in [-0.3, -0.25) is 4.57 Å². The molecular weight excluding hydrogens is 399 g/mol. The number of imidazole rings is 1. The smallest absolute Gasteiger partial charge is 0.387 e. The van der Waals surface area contributed by atoms with Crippen molar-refractivity contribution in [2.24, 2.45) is 0 Å². The van der Waals surface area contributed by atoms with Gasteiger partial charge >= 0.3 is 9.28 Å². The highest BCUT2D eigenvalue weighted by atomic mass is 28.3. The van der Waals surface area contributed by atoms with Gasteiger partial charge in [-0.2, -0.15) is 9.97 Å². The summed E-state index contributed by atoms with van der Waals surface area (Å²) in [5.41, 5.74) is 5.02. The first-order chi connectivity index (χ1) is 13.7. The molecule has 4 atom stereocenters. The van der Waals surface area contributed by atoms with E-state index in [-0.39, 0.29) is 18.1 Å². The number of fused-ring (bicyclic) bond motifs is 1. The summed E-state index contributed by atoms with van der Waals surface area (Å²) in [6.45, 7) is 5.63. The minimum Gasteiger partial charge on any atom is -0.397 e. The lowest BCUT2D eigenvalue weighted by atomic mass is 9.98. The Balaban J connectivity index is 1.92. The molecule has 1 radical (unpaired) electrons. The fourth-order valence-corrected chi connectivity index (χ4v) is 4.88. The maximum Gasteiger partial charge on any atom is 0.387 e. The van der Waals surface area contributed by atoms with Crippen molar-refractivity contribution in [3.63, 3.8) is 0 Å². The lowest BCUT2D eigenvalue weighted by Crippen LogP contribution is -2.43. The van der Waals surface area contributed by atoms with Gasteiger partial charge in [0.1, 0.15) is 12.2 Å². The monoisotopic (exact) mass is 427 g/mol. The molecule has 1 aliphatic rings. The number of hydrogen-bond donors (Lipinski definition) is 2.